The molecule has 1 aliphatic rings. The lowest BCUT2D eigenvalue weighted by molar-refractivity contribution is 0.00708. The Morgan fingerprint density at radius 2 is 1.34 bits per heavy atom. The third-order valence-corrected chi connectivity index (χ3v) is 6.91. The largest absolute Gasteiger partial charge is 0.487 e. The standard InChI is InChI=1S/C28H32N2O7S/c1-22-6-9-25(10-7-22)38(31,32)30-26-5-3-2-4-23(26)21-29-24-8-11-27-28(20-24)37-19-17-35-15-13-33-12-14-34-16-18-36-27/h2-11,20-21,30H,12-19H2,1H3. The lowest BCUT2D eigenvalue weighted by Crippen LogP contribution is -2.14. The molecule has 0 aromatic heterocycles. The third-order valence-electron chi connectivity index (χ3n) is 5.53. The SMILES string of the molecule is Cc1ccc(S(=O)(=O)Nc2ccccc2C=Nc2ccc3c(c2)OCCOCCOCCOCCO3)cc1. The fraction of sp³-hybridized carbons (Fsp3) is 0.321. The van der Waals surface area contributed by atoms with Gasteiger partial charge in [-0.25, -0.2) is 8.42 Å². The predicted molar refractivity (Wildman–Crippen MR) is 146 cm³/mol. The van der Waals surface area contributed by atoms with E-state index in [1.807, 2.05) is 13.0 Å². The molecular formula is C28H32N2O7S. The van der Waals surface area contributed by atoms with Crippen LogP contribution in [0.25, 0.3) is 0 Å². The number of nitrogens with zero attached hydrogens (tertiary/aromatic N) is 1. The van der Waals surface area contributed by atoms with Gasteiger partial charge >= 0.3 is 0 Å². The molecule has 0 bridgehead atoms. The first-order valence-corrected chi connectivity index (χ1v) is 13.8. The van der Waals surface area contributed by atoms with Gasteiger partial charge in [-0.1, -0.05) is 35.9 Å². The minimum atomic E-state index is -3.75. The number of hydrogen-bond donors (Lipinski definition) is 1. The molecule has 0 amide bonds. The van der Waals surface area contributed by atoms with Crippen LogP contribution >= 0.6 is 0 Å². The molecule has 0 atom stereocenters. The van der Waals surface area contributed by atoms with Gasteiger partial charge in [0.15, 0.2) is 11.5 Å². The van der Waals surface area contributed by atoms with Crippen molar-refractivity contribution in [2.24, 2.45) is 4.99 Å². The van der Waals surface area contributed by atoms with Crippen molar-refractivity contribution in [3.8, 4) is 11.5 Å². The van der Waals surface area contributed by atoms with E-state index in [0.717, 1.165) is 5.56 Å². The number of benzene rings is 3. The summed E-state index contributed by atoms with van der Waals surface area (Å²) >= 11 is 0. The highest BCUT2D eigenvalue weighted by atomic mass is 32.2. The molecule has 0 saturated carbocycles. The van der Waals surface area contributed by atoms with E-state index < -0.39 is 10.0 Å². The summed E-state index contributed by atoms with van der Waals surface area (Å²) in [6, 6.07) is 19.1. The van der Waals surface area contributed by atoms with E-state index >= 15 is 0 Å². The van der Waals surface area contributed by atoms with Gasteiger partial charge in [0.25, 0.3) is 10.0 Å². The molecule has 3 aromatic carbocycles. The maximum Gasteiger partial charge on any atom is 0.261 e. The van der Waals surface area contributed by atoms with Crippen LogP contribution in [0.5, 0.6) is 11.5 Å². The number of aliphatic imine (C=N–C) groups is 1. The van der Waals surface area contributed by atoms with E-state index in [0.29, 0.717) is 81.3 Å². The van der Waals surface area contributed by atoms with Crippen LogP contribution in [0.2, 0.25) is 0 Å². The third kappa shape index (κ3) is 8.29. The number of aryl methyl sites for hydroxylation is 1. The zero-order valence-electron chi connectivity index (χ0n) is 21.3. The molecule has 1 aliphatic heterocycles. The topological polar surface area (TPSA) is 105 Å². The van der Waals surface area contributed by atoms with E-state index in [-0.39, 0.29) is 4.90 Å². The molecule has 0 spiro atoms. The van der Waals surface area contributed by atoms with E-state index in [9.17, 15) is 8.42 Å². The van der Waals surface area contributed by atoms with Crippen molar-refractivity contribution in [1.29, 1.82) is 0 Å². The highest BCUT2D eigenvalue weighted by Crippen LogP contribution is 2.32. The summed E-state index contributed by atoms with van der Waals surface area (Å²) in [6.45, 7) is 5.41. The number of anilines is 1. The lowest BCUT2D eigenvalue weighted by atomic mass is 10.2. The minimum Gasteiger partial charge on any atom is -0.487 e. The second-order valence-corrected chi connectivity index (χ2v) is 10.1. The van der Waals surface area contributed by atoms with Crippen LogP contribution < -0.4 is 14.2 Å². The van der Waals surface area contributed by atoms with Gasteiger partial charge < -0.3 is 23.7 Å². The molecule has 1 N–H and O–H groups in total. The van der Waals surface area contributed by atoms with Crippen molar-refractivity contribution in [2.75, 3.05) is 57.6 Å². The van der Waals surface area contributed by atoms with Gasteiger partial charge in [-0.2, -0.15) is 0 Å². The van der Waals surface area contributed by atoms with Crippen molar-refractivity contribution >= 4 is 27.6 Å². The van der Waals surface area contributed by atoms with Crippen molar-refractivity contribution in [3.05, 3.63) is 77.9 Å². The highest BCUT2D eigenvalue weighted by Gasteiger charge is 2.15. The fourth-order valence-electron chi connectivity index (χ4n) is 3.54. The molecule has 0 unspecified atom stereocenters. The Balaban J connectivity index is 1.49. The normalized spacial score (nSPS) is 15.9. The molecule has 0 radical (unpaired) electrons. The maximum atomic E-state index is 12.9. The van der Waals surface area contributed by atoms with Crippen molar-refractivity contribution < 1.29 is 32.1 Å². The van der Waals surface area contributed by atoms with E-state index in [4.69, 9.17) is 23.7 Å². The average Bonchev–Trinajstić information content (AvgIpc) is 2.92. The second kappa shape index (κ2) is 13.9. The first-order valence-electron chi connectivity index (χ1n) is 12.4. The van der Waals surface area contributed by atoms with Crippen molar-refractivity contribution in [1.82, 2.24) is 0 Å². The molecule has 9 nitrogen and oxygen atoms in total. The summed E-state index contributed by atoms with van der Waals surface area (Å²) in [7, 11) is -3.75. The van der Waals surface area contributed by atoms with Gasteiger partial charge in [0.2, 0.25) is 0 Å². The first kappa shape index (κ1) is 27.6. The molecule has 0 fully saturated rings. The Bertz CT molecular complexity index is 1310. The Morgan fingerprint density at radius 1 is 0.737 bits per heavy atom. The summed E-state index contributed by atoms with van der Waals surface area (Å²) in [5, 5.41) is 0. The van der Waals surface area contributed by atoms with Gasteiger partial charge in [-0.05, 0) is 37.3 Å². The molecule has 0 saturated heterocycles. The van der Waals surface area contributed by atoms with Crippen LogP contribution in [0.3, 0.4) is 0 Å². The van der Waals surface area contributed by atoms with Crippen LogP contribution in [-0.4, -0.2) is 67.5 Å². The fourth-order valence-corrected chi connectivity index (χ4v) is 4.63. The maximum absolute atomic E-state index is 12.9. The molecule has 38 heavy (non-hydrogen) atoms. The highest BCUT2D eigenvalue weighted by molar-refractivity contribution is 7.92. The van der Waals surface area contributed by atoms with Crippen LogP contribution in [0.1, 0.15) is 11.1 Å². The number of rotatable bonds is 5. The van der Waals surface area contributed by atoms with Crippen molar-refractivity contribution in [3.63, 3.8) is 0 Å². The zero-order chi connectivity index (χ0) is 26.6. The molecule has 0 aliphatic carbocycles. The number of sulfonamides is 1. The molecular weight excluding hydrogens is 508 g/mol. The second-order valence-electron chi connectivity index (χ2n) is 8.43. The molecule has 202 valence electrons. The van der Waals surface area contributed by atoms with E-state index in [1.165, 1.54) is 0 Å². The summed E-state index contributed by atoms with van der Waals surface area (Å²) in [5.74, 6) is 1.10. The van der Waals surface area contributed by atoms with Crippen LogP contribution in [0, 0.1) is 6.92 Å². The monoisotopic (exact) mass is 540 g/mol. The van der Waals surface area contributed by atoms with Gasteiger partial charge in [-0.3, -0.25) is 9.71 Å². The van der Waals surface area contributed by atoms with Crippen LogP contribution in [0.15, 0.2) is 76.6 Å². The smallest absolute Gasteiger partial charge is 0.261 e. The lowest BCUT2D eigenvalue weighted by Gasteiger charge is -2.13. The van der Waals surface area contributed by atoms with Crippen molar-refractivity contribution in [2.45, 2.75) is 11.8 Å². The van der Waals surface area contributed by atoms with Gasteiger partial charge in [-0.15, -0.1) is 0 Å². The Hall–Kier alpha value is -3.44. The first-order chi connectivity index (χ1) is 18.5. The summed E-state index contributed by atoms with van der Waals surface area (Å²) < 4.78 is 56.7. The molecule has 3 aromatic rings. The number of ether oxygens (including phenoxy) is 5. The van der Waals surface area contributed by atoms with Gasteiger partial charge in [0.05, 0.1) is 55.9 Å². The molecule has 4 rings (SSSR count). The van der Waals surface area contributed by atoms with E-state index in [2.05, 4.69) is 9.71 Å². The van der Waals surface area contributed by atoms with E-state index in [1.54, 1.807) is 66.9 Å². The Kier molecular flexibility index (Phi) is 10.1. The van der Waals surface area contributed by atoms with Gasteiger partial charge in [0.1, 0.15) is 13.2 Å². The number of fused-ring (bicyclic) bond motifs is 1. The summed E-state index contributed by atoms with van der Waals surface area (Å²) in [5.41, 5.74) is 2.64. The quantitative estimate of drug-likeness (QED) is 0.479. The Morgan fingerprint density at radius 3 is 2.03 bits per heavy atom. The zero-order valence-corrected chi connectivity index (χ0v) is 22.1. The molecule has 1 heterocycles. The number of para-hydroxylation sites is 1. The number of nitrogens with one attached hydrogen (secondary N) is 1. The van der Waals surface area contributed by atoms with Crippen LogP contribution in [-0.2, 0) is 24.2 Å². The minimum absolute atomic E-state index is 0.190. The summed E-state index contributed by atoms with van der Waals surface area (Å²) in [4.78, 5) is 4.75. The number of hydrogen-bond acceptors (Lipinski definition) is 8. The average molecular weight is 541 g/mol. The Labute approximate surface area is 223 Å². The van der Waals surface area contributed by atoms with Crippen LogP contribution in [0.4, 0.5) is 11.4 Å². The van der Waals surface area contributed by atoms with Gasteiger partial charge in [0, 0.05) is 17.8 Å². The molecule has 10 heteroatoms. The predicted octanol–water partition coefficient (Wildman–Crippen LogP) is 4.37. The summed E-state index contributed by atoms with van der Waals surface area (Å²) in [6.07, 6.45) is 1.61.